The number of halogens is 2. The number of fused-ring (bicyclic) bond motifs is 2. The number of anilines is 1. The average molecular weight is 435 g/mol. The van der Waals surface area contributed by atoms with Crippen molar-refractivity contribution < 1.29 is 8.78 Å². The Bertz CT molecular complexity index is 1380. The van der Waals surface area contributed by atoms with Gasteiger partial charge in [-0.2, -0.15) is 0 Å². The summed E-state index contributed by atoms with van der Waals surface area (Å²) in [5.41, 5.74) is 7.95. The number of H-pyrrole nitrogens is 1. The summed E-state index contributed by atoms with van der Waals surface area (Å²) in [6.07, 6.45) is 7.08. The van der Waals surface area contributed by atoms with Gasteiger partial charge in [-0.05, 0) is 50.5 Å². The number of nitrogen functional groups attached to an aromatic ring is 1. The maximum Gasteiger partial charge on any atom is 0.166 e. The summed E-state index contributed by atoms with van der Waals surface area (Å²) in [6, 6.07) is 5.04. The fourth-order valence-corrected chi connectivity index (χ4v) is 4.34. The molecule has 1 unspecified atom stereocenters. The van der Waals surface area contributed by atoms with E-state index in [0.717, 1.165) is 11.1 Å². The molecule has 0 saturated carbocycles. The van der Waals surface area contributed by atoms with Gasteiger partial charge in [0.15, 0.2) is 11.5 Å². The maximum absolute atomic E-state index is 14.5. The molecule has 0 aliphatic carbocycles. The molecule has 5 rings (SSSR count). The number of benzene rings is 1. The van der Waals surface area contributed by atoms with Crippen molar-refractivity contribution >= 4 is 34.1 Å². The van der Waals surface area contributed by atoms with E-state index in [1.807, 2.05) is 24.5 Å². The summed E-state index contributed by atoms with van der Waals surface area (Å²) in [5, 5.41) is 0.542. The number of hydrogen-bond acceptors (Lipinski definition) is 5. The highest BCUT2D eigenvalue weighted by Gasteiger charge is 2.36. The van der Waals surface area contributed by atoms with Crippen LogP contribution < -0.4 is 5.73 Å². The van der Waals surface area contributed by atoms with Gasteiger partial charge in [-0.1, -0.05) is 6.07 Å². The Balaban J connectivity index is 1.60. The Hall–Kier alpha value is -3.62. The van der Waals surface area contributed by atoms with Gasteiger partial charge in [-0.25, -0.2) is 23.7 Å². The highest BCUT2D eigenvalue weighted by molar-refractivity contribution is 5.84. The molecular formula is C23H23F2N7. The number of aliphatic imine (C=N–C) groups is 1. The number of aryl methyl sites for hydroxylation is 1. The van der Waals surface area contributed by atoms with E-state index in [1.165, 1.54) is 18.4 Å². The van der Waals surface area contributed by atoms with E-state index in [1.54, 1.807) is 18.6 Å². The van der Waals surface area contributed by atoms with Gasteiger partial charge >= 0.3 is 0 Å². The average Bonchev–Trinajstić information content (AvgIpc) is 3.38. The van der Waals surface area contributed by atoms with E-state index in [0.29, 0.717) is 35.2 Å². The predicted molar refractivity (Wildman–Crippen MR) is 121 cm³/mol. The first-order chi connectivity index (χ1) is 15.4. The number of nitrogens with one attached hydrogen (secondary N) is 1. The van der Waals surface area contributed by atoms with Crippen LogP contribution in [0.15, 0.2) is 47.6 Å². The molecule has 4 heterocycles. The number of rotatable bonds is 5. The van der Waals surface area contributed by atoms with Crippen molar-refractivity contribution in [3.8, 4) is 0 Å². The van der Waals surface area contributed by atoms with Crippen LogP contribution in [0.25, 0.3) is 22.1 Å². The Morgan fingerprint density at radius 1 is 1.25 bits per heavy atom. The maximum atomic E-state index is 14.5. The van der Waals surface area contributed by atoms with E-state index in [-0.39, 0.29) is 24.2 Å². The van der Waals surface area contributed by atoms with Gasteiger partial charge in [0.05, 0.1) is 24.5 Å². The Labute approximate surface area is 183 Å². The molecular weight excluding hydrogens is 412 g/mol. The lowest BCUT2D eigenvalue weighted by atomic mass is 9.79. The van der Waals surface area contributed by atoms with E-state index in [2.05, 4.69) is 19.9 Å². The molecule has 0 radical (unpaired) electrons. The van der Waals surface area contributed by atoms with Crippen LogP contribution in [0.4, 0.5) is 14.6 Å². The van der Waals surface area contributed by atoms with Gasteiger partial charge in [-0.3, -0.25) is 4.99 Å². The fraction of sp³-hybridized carbons (Fsp3) is 0.304. The van der Waals surface area contributed by atoms with Crippen molar-refractivity contribution in [1.82, 2.24) is 24.5 Å². The van der Waals surface area contributed by atoms with Crippen molar-refractivity contribution in [1.29, 1.82) is 0 Å². The summed E-state index contributed by atoms with van der Waals surface area (Å²) in [5.74, 6) is -0.123. The predicted octanol–water partition coefficient (Wildman–Crippen LogP) is 4.42. The Morgan fingerprint density at radius 3 is 2.88 bits per heavy atom. The van der Waals surface area contributed by atoms with Crippen LogP contribution in [0.2, 0.25) is 0 Å². The molecule has 1 aliphatic rings. The van der Waals surface area contributed by atoms with E-state index >= 15 is 0 Å². The lowest BCUT2D eigenvalue weighted by Crippen LogP contribution is -2.33. The molecule has 1 atom stereocenters. The van der Waals surface area contributed by atoms with Gasteiger partial charge in [0, 0.05) is 23.1 Å². The van der Waals surface area contributed by atoms with Gasteiger partial charge < -0.3 is 15.3 Å². The highest BCUT2D eigenvalue weighted by Crippen LogP contribution is 2.36. The molecule has 0 amide bonds. The van der Waals surface area contributed by atoms with Crippen LogP contribution in [0.5, 0.6) is 0 Å². The zero-order chi connectivity index (χ0) is 22.5. The smallest absolute Gasteiger partial charge is 0.166 e. The first kappa shape index (κ1) is 20.3. The van der Waals surface area contributed by atoms with Crippen molar-refractivity contribution in [2.75, 3.05) is 12.3 Å². The summed E-state index contributed by atoms with van der Waals surface area (Å²) < 4.78 is 30.8. The number of nitrogens with two attached hydrogens (primary N) is 1. The number of aromatic amines is 1. The van der Waals surface area contributed by atoms with Crippen LogP contribution in [-0.4, -0.2) is 37.3 Å². The second-order valence-electron chi connectivity index (χ2n) is 8.48. The first-order valence-corrected chi connectivity index (χ1v) is 10.5. The third-order valence-corrected chi connectivity index (χ3v) is 6.03. The van der Waals surface area contributed by atoms with Crippen LogP contribution in [0.1, 0.15) is 37.7 Å². The largest absolute Gasteiger partial charge is 0.382 e. The van der Waals surface area contributed by atoms with Crippen molar-refractivity contribution in [3.05, 3.63) is 59.8 Å². The van der Waals surface area contributed by atoms with Gasteiger partial charge in [-0.15, -0.1) is 0 Å². The molecule has 7 nitrogen and oxygen atoms in total. The van der Waals surface area contributed by atoms with Crippen LogP contribution in [0, 0.1) is 5.82 Å². The summed E-state index contributed by atoms with van der Waals surface area (Å²) in [7, 11) is 0. The molecule has 3 N–H and O–H groups in total. The van der Waals surface area contributed by atoms with Gasteiger partial charge in [0.1, 0.15) is 23.0 Å². The van der Waals surface area contributed by atoms with Crippen molar-refractivity contribution in [3.63, 3.8) is 0 Å². The van der Waals surface area contributed by atoms with E-state index in [4.69, 9.17) is 10.7 Å². The second-order valence-corrected chi connectivity index (χ2v) is 8.48. The third-order valence-electron chi connectivity index (χ3n) is 6.03. The van der Waals surface area contributed by atoms with Crippen LogP contribution in [-0.2, 0) is 11.8 Å². The lowest BCUT2D eigenvalue weighted by Gasteiger charge is -2.29. The summed E-state index contributed by atoms with van der Waals surface area (Å²) >= 11 is 0. The highest BCUT2D eigenvalue weighted by atomic mass is 19.1. The minimum Gasteiger partial charge on any atom is -0.382 e. The zero-order valence-electron chi connectivity index (χ0n) is 17.8. The zero-order valence-corrected chi connectivity index (χ0v) is 17.8. The first-order valence-electron chi connectivity index (χ1n) is 10.5. The molecule has 9 heteroatoms. The van der Waals surface area contributed by atoms with Crippen LogP contribution >= 0.6 is 0 Å². The van der Waals surface area contributed by atoms with Gasteiger partial charge in [0.25, 0.3) is 0 Å². The van der Waals surface area contributed by atoms with Gasteiger partial charge in [0.2, 0.25) is 0 Å². The minimum atomic E-state index is -0.915. The molecule has 3 aromatic heterocycles. The van der Waals surface area contributed by atoms with E-state index < -0.39 is 11.2 Å². The third kappa shape index (κ3) is 3.24. The molecule has 32 heavy (non-hydrogen) atoms. The Kier molecular flexibility index (Phi) is 4.76. The van der Waals surface area contributed by atoms with Crippen molar-refractivity contribution in [2.45, 2.75) is 38.1 Å². The molecule has 0 fully saturated rings. The second kappa shape index (κ2) is 7.51. The minimum absolute atomic E-state index is 0.115. The fourth-order valence-electron chi connectivity index (χ4n) is 4.34. The normalized spacial score (nSPS) is 18.7. The Morgan fingerprint density at radius 2 is 2.09 bits per heavy atom. The summed E-state index contributed by atoms with van der Waals surface area (Å²) in [4.78, 5) is 21.0. The standard InChI is InChI=1S/C23H23F2N7/c1-13(2)32-12-29-19-20(26)30-22(31-21(19)32)23(8-15(24)10-27-11-23)7-6-14-9-28-17-5-3-4-16(25)18(14)17/h3-5,8-10,12-13,28H,6-7,11H2,1-2H3,(H2,26,30,31). The SMILES string of the molecule is CC(C)n1cnc2c(N)nc(C3(CCc4c[nH]c5cccc(F)c45)C=C(F)C=NC3)nc21. The molecule has 164 valence electrons. The quantitative estimate of drug-likeness (QED) is 0.485. The van der Waals surface area contributed by atoms with Crippen LogP contribution in [0.3, 0.4) is 0 Å². The number of hydrogen-bond donors (Lipinski definition) is 2. The molecule has 0 spiro atoms. The van der Waals surface area contributed by atoms with E-state index in [9.17, 15) is 8.78 Å². The number of imidazole rings is 1. The number of dihydropyridines is 1. The lowest BCUT2D eigenvalue weighted by molar-refractivity contribution is 0.457. The monoisotopic (exact) mass is 435 g/mol. The number of allylic oxidation sites excluding steroid dienone is 1. The molecule has 1 aromatic carbocycles. The summed E-state index contributed by atoms with van der Waals surface area (Å²) in [6.45, 7) is 4.31. The molecule has 1 aliphatic heterocycles. The number of aromatic nitrogens is 5. The van der Waals surface area contributed by atoms with Crippen molar-refractivity contribution in [2.24, 2.45) is 4.99 Å². The topological polar surface area (TPSA) is 97.8 Å². The molecule has 0 bridgehead atoms. The molecule has 0 saturated heterocycles. The number of nitrogens with zero attached hydrogens (tertiary/aromatic N) is 5. The molecule has 4 aromatic rings.